The van der Waals surface area contributed by atoms with Gasteiger partial charge < -0.3 is 15.8 Å². The van der Waals surface area contributed by atoms with E-state index < -0.39 is 5.91 Å². The second-order valence-corrected chi connectivity index (χ2v) is 5.91. The third-order valence-electron chi connectivity index (χ3n) is 3.90. The number of hydrogen-bond acceptors (Lipinski definition) is 5. The van der Waals surface area contributed by atoms with E-state index in [1.807, 2.05) is 31.2 Å². The molecule has 27 heavy (non-hydrogen) atoms. The van der Waals surface area contributed by atoms with Gasteiger partial charge >= 0.3 is 0 Å². The Labute approximate surface area is 156 Å². The average molecular weight is 365 g/mol. The fourth-order valence-corrected chi connectivity index (χ4v) is 2.50. The SMILES string of the molecule is CC(NC(=O)c1cccc(OCC(N)=O)c1)c1ccc(-n2cncn2)cc1. The van der Waals surface area contributed by atoms with Crippen LogP contribution in [0.4, 0.5) is 0 Å². The maximum atomic E-state index is 12.5. The maximum absolute atomic E-state index is 12.5. The summed E-state index contributed by atoms with van der Waals surface area (Å²) in [6, 6.07) is 14.1. The molecule has 0 aliphatic heterocycles. The quantitative estimate of drug-likeness (QED) is 0.661. The van der Waals surface area contributed by atoms with E-state index in [9.17, 15) is 9.59 Å². The van der Waals surface area contributed by atoms with Crippen LogP contribution in [-0.2, 0) is 4.79 Å². The molecule has 0 saturated carbocycles. The summed E-state index contributed by atoms with van der Waals surface area (Å²) in [7, 11) is 0. The first-order valence-electron chi connectivity index (χ1n) is 8.30. The highest BCUT2D eigenvalue weighted by Gasteiger charge is 2.12. The molecule has 1 heterocycles. The molecule has 8 heteroatoms. The summed E-state index contributed by atoms with van der Waals surface area (Å²) in [6.45, 7) is 1.66. The number of aromatic nitrogens is 3. The number of rotatable bonds is 7. The molecular weight excluding hydrogens is 346 g/mol. The van der Waals surface area contributed by atoms with Gasteiger partial charge in [-0.3, -0.25) is 9.59 Å². The van der Waals surface area contributed by atoms with Gasteiger partial charge in [-0.1, -0.05) is 18.2 Å². The largest absolute Gasteiger partial charge is 0.484 e. The molecule has 2 amide bonds. The van der Waals surface area contributed by atoms with E-state index in [2.05, 4.69) is 15.4 Å². The lowest BCUT2D eigenvalue weighted by atomic mass is 10.1. The minimum absolute atomic E-state index is 0.197. The highest BCUT2D eigenvalue weighted by molar-refractivity contribution is 5.94. The Hall–Kier alpha value is -3.68. The van der Waals surface area contributed by atoms with Crippen LogP contribution in [0, 0.1) is 0 Å². The van der Waals surface area contributed by atoms with Crippen LogP contribution in [0.1, 0.15) is 28.9 Å². The third-order valence-corrected chi connectivity index (χ3v) is 3.90. The molecule has 0 saturated heterocycles. The molecule has 0 spiro atoms. The van der Waals surface area contributed by atoms with E-state index in [1.54, 1.807) is 35.3 Å². The summed E-state index contributed by atoms with van der Waals surface area (Å²) >= 11 is 0. The van der Waals surface area contributed by atoms with Gasteiger partial charge in [0.2, 0.25) is 0 Å². The molecule has 2 aromatic carbocycles. The zero-order valence-corrected chi connectivity index (χ0v) is 14.7. The Bertz CT molecular complexity index is 923. The summed E-state index contributed by atoms with van der Waals surface area (Å²) in [4.78, 5) is 27.2. The van der Waals surface area contributed by atoms with Gasteiger partial charge in [-0.25, -0.2) is 9.67 Å². The Morgan fingerprint density at radius 2 is 2.00 bits per heavy atom. The fourth-order valence-electron chi connectivity index (χ4n) is 2.50. The van der Waals surface area contributed by atoms with Crippen LogP contribution < -0.4 is 15.8 Å². The molecular formula is C19H19N5O3. The van der Waals surface area contributed by atoms with E-state index in [-0.39, 0.29) is 18.6 Å². The molecule has 8 nitrogen and oxygen atoms in total. The minimum Gasteiger partial charge on any atom is -0.484 e. The smallest absolute Gasteiger partial charge is 0.255 e. The standard InChI is InChI=1S/C19H19N5O3/c1-13(14-5-7-16(8-6-14)24-12-21-11-22-24)23-19(26)15-3-2-4-17(9-15)27-10-18(20)25/h2-9,11-13H,10H2,1H3,(H2,20,25)(H,23,26). The van der Waals surface area contributed by atoms with Gasteiger partial charge in [0.05, 0.1) is 11.7 Å². The van der Waals surface area contributed by atoms with Crippen molar-refractivity contribution in [2.24, 2.45) is 5.73 Å². The Morgan fingerprint density at radius 1 is 1.22 bits per heavy atom. The number of nitrogens with two attached hydrogens (primary N) is 1. The number of amides is 2. The van der Waals surface area contributed by atoms with Gasteiger partial charge in [-0.15, -0.1) is 0 Å². The van der Waals surface area contributed by atoms with E-state index in [4.69, 9.17) is 10.5 Å². The monoisotopic (exact) mass is 365 g/mol. The van der Waals surface area contributed by atoms with Gasteiger partial charge in [0, 0.05) is 5.56 Å². The normalized spacial score (nSPS) is 11.6. The summed E-state index contributed by atoms with van der Waals surface area (Å²) in [6.07, 6.45) is 3.09. The number of ether oxygens (including phenoxy) is 1. The predicted octanol–water partition coefficient (Wildman–Crippen LogP) is 1.62. The highest BCUT2D eigenvalue weighted by Crippen LogP contribution is 2.17. The molecule has 3 N–H and O–H groups in total. The number of carbonyl (C=O) groups is 2. The number of hydrogen-bond donors (Lipinski definition) is 2. The molecule has 138 valence electrons. The van der Waals surface area contributed by atoms with Crippen LogP contribution in [0.5, 0.6) is 5.75 Å². The van der Waals surface area contributed by atoms with Crippen LogP contribution in [-0.4, -0.2) is 33.2 Å². The summed E-state index contributed by atoms with van der Waals surface area (Å²) in [5.41, 5.74) is 7.33. The predicted molar refractivity (Wildman–Crippen MR) is 98.4 cm³/mol. The van der Waals surface area contributed by atoms with Crippen molar-refractivity contribution in [3.8, 4) is 11.4 Å². The lowest BCUT2D eigenvalue weighted by molar-refractivity contribution is -0.119. The van der Waals surface area contributed by atoms with E-state index >= 15 is 0 Å². The van der Waals surface area contributed by atoms with Gasteiger partial charge in [-0.05, 0) is 42.8 Å². The zero-order chi connectivity index (χ0) is 19.2. The third kappa shape index (κ3) is 4.69. The van der Waals surface area contributed by atoms with Crippen molar-refractivity contribution in [3.05, 3.63) is 72.3 Å². The first-order chi connectivity index (χ1) is 13.0. The minimum atomic E-state index is -0.576. The molecule has 1 atom stereocenters. The van der Waals surface area contributed by atoms with Crippen LogP contribution in [0.2, 0.25) is 0 Å². The van der Waals surface area contributed by atoms with Crippen LogP contribution >= 0.6 is 0 Å². The topological polar surface area (TPSA) is 112 Å². The molecule has 3 aromatic rings. The fraction of sp³-hybridized carbons (Fsp3) is 0.158. The molecule has 0 radical (unpaired) electrons. The number of carbonyl (C=O) groups excluding carboxylic acids is 2. The number of nitrogens with one attached hydrogen (secondary N) is 1. The van der Waals surface area contributed by atoms with Gasteiger partial charge in [-0.2, -0.15) is 5.10 Å². The summed E-state index contributed by atoms with van der Waals surface area (Å²) in [5.74, 6) is -0.411. The maximum Gasteiger partial charge on any atom is 0.255 e. The first kappa shape index (κ1) is 18.1. The Kier molecular flexibility index (Phi) is 5.46. The highest BCUT2D eigenvalue weighted by atomic mass is 16.5. The number of primary amides is 1. The van der Waals surface area contributed by atoms with Crippen molar-refractivity contribution in [1.82, 2.24) is 20.1 Å². The van der Waals surface area contributed by atoms with Gasteiger partial charge in [0.25, 0.3) is 11.8 Å². The van der Waals surface area contributed by atoms with Crippen molar-refractivity contribution >= 4 is 11.8 Å². The van der Waals surface area contributed by atoms with Crippen molar-refractivity contribution in [1.29, 1.82) is 0 Å². The first-order valence-corrected chi connectivity index (χ1v) is 8.30. The van der Waals surface area contributed by atoms with Crippen LogP contribution in [0.15, 0.2) is 61.2 Å². The summed E-state index contributed by atoms with van der Waals surface area (Å²) < 4.78 is 6.89. The van der Waals surface area contributed by atoms with E-state index in [0.29, 0.717) is 11.3 Å². The van der Waals surface area contributed by atoms with Gasteiger partial charge in [0.15, 0.2) is 6.61 Å². The Balaban J connectivity index is 1.65. The number of benzene rings is 2. The Morgan fingerprint density at radius 3 is 2.67 bits per heavy atom. The van der Waals surface area contributed by atoms with Crippen LogP contribution in [0.3, 0.4) is 0 Å². The molecule has 0 aliphatic carbocycles. The molecule has 3 rings (SSSR count). The van der Waals surface area contributed by atoms with Crippen LogP contribution in [0.25, 0.3) is 5.69 Å². The van der Waals surface area contributed by atoms with Gasteiger partial charge in [0.1, 0.15) is 18.4 Å². The van der Waals surface area contributed by atoms with Crippen molar-refractivity contribution < 1.29 is 14.3 Å². The second-order valence-electron chi connectivity index (χ2n) is 5.91. The molecule has 0 fully saturated rings. The van der Waals surface area contributed by atoms with Crippen molar-refractivity contribution in [3.63, 3.8) is 0 Å². The van der Waals surface area contributed by atoms with E-state index in [0.717, 1.165) is 11.3 Å². The lowest BCUT2D eigenvalue weighted by Gasteiger charge is -2.15. The molecule has 0 aliphatic rings. The second kappa shape index (κ2) is 8.13. The van der Waals surface area contributed by atoms with Crippen molar-refractivity contribution in [2.75, 3.05) is 6.61 Å². The molecule has 1 unspecified atom stereocenters. The summed E-state index contributed by atoms with van der Waals surface area (Å²) in [5, 5.41) is 7.02. The number of nitrogens with zero attached hydrogens (tertiary/aromatic N) is 3. The molecule has 0 bridgehead atoms. The molecule has 1 aromatic heterocycles. The van der Waals surface area contributed by atoms with Crippen molar-refractivity contribution in [2.45, 2.75) is 13.0 Å². The van der Waals surface area contributed by atoms with E-state index in [1.165, 1.54) is 6.33 Å². The average Bonchev–Trinajstić information content (AvgIpc) is 3.21. The zero-order valence-electron chi connectivity index (χ0n) is 14.7. The lowest BCUT2D eigenvalue weighted by Crippen LogP contribution is -2.26.